The number of para-hydroxylation sites is 1. The predicted molar refractivity (Wildman–Crippen MR) is 130 cm³/mol. The largest absolute Gasteiger partial charge is 0.417 e. The quantitative estimate of drug-likeness (QED) is 0.440. The molecular weight excluding hydrogens is 495 g/mol. The molecule has 0 saturated carbocycles. The number of halogens is 3. The van der Waals surface area contributed by atoms with Gasteiger partial charge in [0.05, 0.1) is 21.7 Å². The molecule has 36 heavy (non-hydrogen) atoms. The van der Waals surface area contributed by atoms with Crippen molar-refractivity contribution in [3.05, 3.63) is 65.9 Å². The maximum absolute atomic E-state index is 13.2. The second-order valence-corrected chi connectivity index (χ2v) is 10.3. The van der Waals surface area contributed by atoms with Gasteiger partial charge in [0, 0.05) is 36.8 Å². The number of anilines is 1. The van der Waals surface area contributed by atoms with Crippen LogP contribution in [0.2, 0.25) is 0 Å². The Morgan fingerprint density at radius 2 is 1.86 bits per heavy atom. The molecule has 2 amide bonds. The molecule has 2 heterocycles. The van der Waals surface area contributed by atoms with E-state index in [-0.39, 0.29) is 6.03 Å². The fourth-order valence-corrected chi connectivity index (χ4v) is 5.74. The normalized spacial score (nSPS) is 16.8. The Hall–Kier alpha value is -3.22. The number of sulfonamides is 1. The van der Waals surface area contributed by atoms with Crippen LogP contribution in [0.25, 0.3) is 10.9 Å². The van der Waals surface area contributed by atoms with Gasteiger partial charge in [-0.3, -0.25) is 9.88 Å². The summed E-state index contributed by atoms with van der Waals surface area (Å²) in [4.78, 5) is 18.0. The molecule has 1 saturated heterocycles. The number of aromatic nitrogens is 1. The monoisotopic (exact) mass is 521 g/mol. The van der Waals surface area contributed by atoms with Crippen molar-refractivity contribution < 1.29 is 26.4 Å². The lowest BCUT2D eigenvalue weighted by Gasteiger charge is -2.18. The average molecular weight is 522 g/mol. The molecule has 1 aliphatic rings. The first kappa shape index (κ1) is 25.9. The van der Waals surface area contributed by atoms with E-state index in [2.05, 4.69) is 20.3 Å². The molecule has 12 heteroatoms. The van der Waals surface area contributed by atoms with E-state index in [0.29, 0.717) is 38.3 Å². The highest BCUT2D eigenvalue weighted by molar-refractivity contribution is 7.89. The molecule has 4 rings (SSSR count). The summed E-state index contributed by atoms with van der Waals surface area (Å²) in [7, 11) is -4.35. The highest BCUT2D eigenvalue weighted by Gasteiger charge is 2.38. The Bertz CT molecular complexity index is 1360. The van der Waals surface area contributed by atoms with E-state index in [1.165, 1.54) is 6.07 Å². The Labute approximate surface area is 206 Å². The van der Waals surface area contributed by atoms with Gasteiger partial charge >= 0.3 is 12.2 Å². The number of carbonyl (C=O) groups is 1. The van der Waals surface area contributed by atoms with Crippen molar-refractivity contribution in [2.45, 2.75) is 30.5 Å². The predicted octanol–water partition coefficient (Wildman–Crippen LogP) is 3.74. The maximum Gasteiger partial charge on any atom is 0.417 e. The average Bonchev–Trinajstić information content (AvgIpc) is 3.24. The number of fused-ring (bicyclic) bond motifs is 1. The minimum Gasteiger partial charge on any atom is -0.337 e. The van der Waals surface area contributed by atoms with Gasteiger partial charge < -0.3 is 10.6 Å². The van der Waals surface area contributed by atoms with Gasteiger partial charge in [-0.1, -0.05) is 30.3 Å². The summed E-state index contributed by atoms with van der Waals surface area (Å²) in [6.45, 7) is 3.48. The van der Waals surface area contributed by atoms with E-state index < -0.39 is 32.7 Å². The number of carbonyl (C=O) groups excluding carboxylic acids is 1. The van der Waals surface area contributed by atoms with Gasteiger partial charge in [-0.25, -0.2) is 17.9 Å². The molecule has 1 unspecified atom stereocenters. The molecular formula is C24H26F3N5O3S. The van der Waals surface area contributed by atoms with Gasteiger partial charge in [0.1, 0.15) is 0 Å². The van der Waals surface area contributed by atoms with Crippen LogP contribution >= 0.6 is 0 Å². The SMILES string of the molecule is Cc1cc(NC(=O)NCCN2CCC(NS(=O)(=O)c3ccccc3C(F)(F)F)C2)c2ccccc2n1. The summed E-state index contributed by atoms with van der Waals surface area (Å²) in [6.07, 6.45) is -4.33. The van der Waals surface area contributed by atoms with Gasteiger partial charge in [0.2, 0.25) is 10.0 Å². The lowest BCUT2D eigenvalue weighted by Crippen LogP contribution is -2.40. The number of benzene rings is 2. The number of urea groups is 1. The minimum absolute atomic E-state index is 0.310. The van der Waals surface area contributed by atoms with Crippen LogP contribution in [0.5, 0.6) is 0 Å². The lowest BCUT2D eigenvalue weighted by molar-refractivity contribution is -0.139. The second-order valence-electron chi connectivity index (χ2n) is 8.61. The summed E-state index contributed by atoms with van der Waals surface area (Å²) < 4.78 is 67.5. The van der Waals surface area contributed by atoms with Crippen LogP contribution in [-0.4, -0.2) is 56.6 Å². The summed E-state index contributed by atoms with van der Waals surface area (Å²) in [6, 6.07) is 12.5. The van der Waals surface area contributed by atoms with Crippen LogP contribution in [0.4, 0.5) is 23.7 Å². The van der Waals surface area contributed by atoms with Gasteiger partial charge in [-0.15, -0.1) is 0 Å². The molecule has 1 aromatic heterocycles. The van der Waals surface area contributed by atoms with Crippen LogP contribution in [-0.2, 0) is 16.2 Å². The first-order valence-corrected chi connectivity index (χ1v) is 12.8. The first-order chi connectivity index (χ1) is 17.0. The van der Waals surface area contributed by atoms with E-state index in [1.807, 2.05) is 36.1 Å². The molecule has 0 radical (unpaired) electrons. The molecule has 192 valence electrons. The van der Waals surface area contributed by atoms with E-state index >= 15 is 0 Å². The van der Waals surface area contributed by atoms with E-state index in [0.717, 1.165) is 34.8 Å². The van der Waals surface area contributed by atoms with E-state index in [9.17, 15) is 26.4 Å². The molecule has 3 aromatic rings. The zero-order chi connectivity index (χ0) is 25.9. The molecule has 1 fully saturated rings. The van der Waals surface area contributed by atoms with Crippen LogP contribution in [0.15, 0.2) is 59.5 Å². The zero-order valence-electron chi connectivity index (χ0n) is 19.5. The third-order valence-corrected chi connectivity index (χ3v) is 7.46. The topological polar surface area (TPSA) is 103 Å². The van der Waals surface area contributed by atoms with Crippen molar-refractivity contribution >= 4 is 32.6 Å². The third kappa shape index (κ3) is 6.12. The van der Waals surface area contributed by atoms with Crippen molar-refractivity contribution in [1.82, 2.24) is 19.9 Å². The van der Waals surface area contributed by atoms with Gasteiger partial charge in [-0.05, 0) is 44.2 Å². The Balaban J connectivity index is 1.28. The van der Waals surface area contributed by atoms with E-state index in [4.69, 9.17) is 0 Å². The number of likely N-dealkylation sites (tertiary alicyclic amines) is 1. The van der Waals surface area contributed by atoms with Crippen molar-refractivity contribution in [3.63, 3.8) is 0 Å². The number of rotatable bonds is 7. The summed E-state index contributed by atoms with van der Waals surface area (Å²) >= 11 is 0. The Morgan fingerprint density at radius 3 is 2.64 bits per heavy atom. The number of hydrogen-bond donors (Lipinski definition) is 3. The van der Waals surface area contributed by atoms with Gasteiger partial charge in [0.25, 0.3) is 0 Å². The first-order valence-electron chi connectivity index (χ1n) is 11.3. The number of nitrogens with zero attached hydrogens (tertiary/aromatic N) is 2. The molecule has 8 nitrogen and oxygen atoms in total. The fraction of sp³-hybridized carbons (Fsp3) is 0.333. The van der Waals surface area contributed by atoms with Crippen LogP contribution in [0, 0.1) is 6.92 Å². The highest BCUT2D eigenvalue weighted by Crippen LogP contribution is 2.34. The standard InChI is InChI=1S/C24H26F3N5O3S/c1-16-14-21(18-6-2-4-8-20(18)29-16)30-23(33)28-11-13-32-12-10-17(15-32)31-36(34,35)22-9-5-3-7-19(22)24(25,26)27/h2-9,14,17,31H,10-13,15H2,1H3,(H2,28,29,30,33). The van der Waals surface area contributed by atoms with Crippen molar-refractivity contribution in [2.24, 2.45) is 0 Å². The Kier molecular flexibility index (Phi) is 7.48. The smallest absolute Gasteiger partial charge is 0.337 e. The lowest BCUT2D eigenvalue weighted by atomic mass is 10.1. The number of aryl methyl sites for hydroxylation is 1. The number of hydrogen-bond acceptors (Lipinski definition) is 5. The number of alkyl halides is 3. The molecule has 3 N–H and O–H groups in total. The summed E-state index contributed by atoms with van der Waals surface area (Å²) in [5, 5.41) is 6.43. The molecule has 0 bridgehead atoms. The zero-order valence-corrected chi connectivity index (χ0v) is 20.3. The van der Waals surface area contributed by atoms with Crippen LogP contribution in [0.3, 0.4) is 0 Å². The molecule has 0 aliphatic carbocycles. The molecule has 1 aliphatic heterocycles. The van der Waals surface area contributed by atoms with Crippen molar-refractivity contribution in [3.8, 4) is 0 Å². The number of nitrogens with one attached hydrogen (secondary N) is 3. The maximum atomic E-state index is 13.2. The molecule has 1 atom stereocenters. The van der Waals surface area contributed by atoms with Crippen LogP contribution < -0.4 is 15.4 Å². The van der Waals surface area contributed by atoms with Crippen molar-refractivity contribution in [1.29, 1.82) is 0 Å². The van der Waals surface area contributed by atoms with Gasteiger partial charge in [-0.2, -0.15) is 13.2 Å². The van der Waals surface area contributed by atoms with Crippen LogP contribution in [0.1, 0.15) is 17.7 Å². The second kappa shape index (κ2) is 10.4. The summed E-state index contributed by atoms with van der Waals surface area (Å²) in [5.74, 6) is 0. The minimum atomic E-state index is -4.78. The molecule has 0 spiro atoms. The fourth-order valence-electron chi connectivity index (χ4n) is 4.26. The number of amides is 2. The van der Waals surface area contributed by atoms with E-state index in [1.54, 1.807) is 6.07 Å². The highest BCUT2D eigenvalue weighted by atomic mass is 32.2. The molecule has 2 aromatic carbocycles. The number of pyridine rings is 1. The van der Waals surface area contributed by atoms with Crippen molar-refractivity contribution in [2.75, 3.05) is 31.5 Å². The third-order valence-electron chi connectivity index (χ3n) is 5.88. The Morgan fingerprint density at radius 1 is 1.14 bits per heavy atom. The van der Waals surface area contributed by atoms with Gasteiger partial charge in [0.15, 0.2) is 0 Å². The summed E-state index contributed by atoms with van der Waals surface area (Å²) in [5.41, 5.74) is 0.994.